The van der Waals surface area contributed by atoms with Crippen LogP contribution in [0.5, 0.6) is 0 Å². The largest absolute Gasteiger partial charge is 0.342 e. The zero-order valence-corrected chi connectivity index (χ0v) is 10.0. The van der Waals surface area contributed by atoms with Crippen LogP contribution >= 0.6 is 12.6 Å². The van der Waals surface area contributed by atoms with Crippen molar-refractivity contribution in [1.82, 2.24) is 10.2 Å². The molecule has 15 heavy (non-hydrogen) atoms. The monoisotopic (exact) mass is 228 g/mol. The lowest BCUT2D eigenvalue weighted by Crippen LogP contribution is -2.39. The molecule has 0 spiro atoms. The topological polar surface area (TPSA) is 32.3 Å². The summed E-state index contributed by atoms with van der Waals surface area (Å²) in [7, 11) is 0. The van der Waals surface area contributed by atoms with Gasteiger partial charge in [0.05, 0.1) is 0 Å². The van der Waals surface area contributed by atoms with Crippen LogP contribution in [0.2, 0.25) is 0 Å². The summed E-state index contributed by atoms with van der Waals surface area (Å²) >= 11 is 4.27. The number of carbonyl (C=O) groups is 1. The van der Waals surface area contributed by atoms with Gasteiger partial charge in [-0.15, -0.1) is 0 Å². The Morgan fingerprint density at radius 1 is 1.47 bits per heavy atom. The molecule has 2 atom stereocenters. The zero-order valence-electron chi connectivity index (χ0n) is 9.11. The van der Waals surface area contributed by atoms with Gasteiger partial charge < -0.3 is 10.2 Å². The molecular formula is C11H20N2OS. The number of piperidine rings is 1. The SMILES string of the molecule is O=C1CC(CS)CN1CC1CCCNC1. The van der Waals surface area contributed by atoms with Gasteiger partial charge in [-0.25, -0.2) is 0 Å². The highest BCUT2D eigenvalue weighted by Gasteiger charge is 2.30. The van der Waals surface area contributed by atoms with E-state index in [4.69, 9.17) is 0 Å². The predicted molar refractivity (Wildman–Crippen MR) is 64.1 cm³/mol. The van der Waals surface area contributed by atoms with Gasteiger partial charge >= 0.3 is 0 Å². The van der Waals surface area contributed by atoms with Crippen molar-refractivity contribution in [2.24, 2.45) is 11.8 Å². The molecule has 2 aliphatic rings. The maximum Gasteiger partial charge on any atom is 0.222 e. The smallest absolute Gasteiger partial charge is 0.222 e. The van der Waals surface area contributed by atoms with E-state index in [1.165, 1.54) is 12.8 Å². The molecule has 1 amide bonds. The number of carbonyl (C=O) groups excluding carboxylic acids is 1. The minimum atomic E-state index is 0.333. The third-order valence-corrected chi connectivity index (χ3v) is 3.95. The molecule has 2 rings (SSSR count). The van der Waals surface area contributed by atoms with Crippen molar-refractivity contribution >= 4 is 18.5 Å². The molecule has 86 valence electrons. The van der Waals surface area contributed by atoms with Crippen molar-refractivity contribution in [2.45, 2.75) is 19.3 Å². The molecule has 0 aromatic heterocycles. The van der Waals surface area contributed by atoms with Crippen LogP contribution in [0, 0.1) is 11.8 Å². The molecule has 0 saturated carbocycles. The summed E-state index contributed by atoms with van der Waals surface area (Å²) in [4.78, 5) is 13.7. The average Bonchev–Trinajstić information content (AvgIpc) is 2.61. The van der Waals surface area contributed by atoms with E-state index < -0.39 is 0 Å². The van der Waals surface area contributed by atoms with Gasteiger partial charge in [-0.1, -0.05) is 0 Å². The summed E-state index contributed by atoms with van der Waals surface area (Å²) in [6, 6.07) is 0. The first-order chi connectivity index (χ1) is 7.29. The van der Waals surface area contributed by atoms with E-state index >= 15 is 0 Å². The highest BCUT2D eigenvalue weighted by molar-refractivity contribution is 7.80. The van der Waals surface area contributed by atoms with Crippen molar-refractivity contribution < 1.29 is 4.79 Å². The molecule has 2 fully saturated rings. The normalized spacial score (nSPS) is 32.3. The molecule has 0 aromatic carbocycles. The van der Waals surface area contributed by atoms with E-state index in [2.05, 4.69) is 17.9 Å². The molecule has 1 N–H and O–H groups in total. The summed E-state index contributed by atoms with van der Waals surface area (Å²) in [6.07, 6.45) is 3.23. The van der Waals surface area contributed by atoms with Crippen molar-refractivity contribution in [3.63, 3.8) is 0 Å². The highest BCUT2D eigenvalue weighted by Crippen LogP contribution is 2.21. The van der Waals surface area contributed by atoms with Crippen LogP contribution in [0.4, 0.5) is 0 Å². The second kappa shape index (κ2) is 5.21. The summed E-state index contributed by atoms with van der Waals surface area (Å²) in [5.41, 5.74) is 0. The van der Waals surface area contributed by atoms with Crippen LogP contribution in [0.15, 0.2) is 0 Å². The van der Waals surface area contributed by atoms with E-state index in [1.807, 2.05) is 4.90 Å². The quantitative estimate of drug-likeness (QED) is 0.699. The lowest BCUT2D eigenvalue weighted by atomic mass is 9.99. The summed E-state index contributed by atoms with van der Waals surface area (Å²) < 4.78 is 0. The van der Waals surface area contributed by atoms with Gasteiger partial charge in [0.1, 0.15) is 0 Å². The predicted octanol–water partition coefficient (Wildman–Crippen LogP) is 0.764. The van der Waals surface area contributed by atoms with Gasteiger partial charge in [0.2, 0.25) is 5.91 Å². The molecule has 0 aliphatic carbocycles. The third kappa shape index (κ3) is 2.88. The zero-order chi connectivity index (χ0) is 10.7. The molecule has 3 nitrogen and oxygen atoms in total. The Hall–Kier alpha value is -0.220. The molecular weight excluding hydrogens is 208 g/mol. The number of likely N-dealkylation sites (tertiary alicyclic amines) is 1. The second-order valence-corrected chi connectivity index (χ2v) is 5.13. The van der Waals surface area contributed by atoms with Crippen molar-refractivity contribution in [1.29, 1.82) is 0 Å². The molecule has 0 radical (unpaired) electrons. The van der Waals surface area contributed by atoms with Crippen LogP contribution in [0.25, 0.3) is 0 Å². The van der Waals surface area contributed by atoms with E-state index in [1.54, 1.807) is 0 Å². The molecule has 2 heterocycles. The third-order valence-electron chi connectivity index (χ3n) is 3.43. The summed E-state index contributed by atoms with van der Waals surface area (Å²) in [5.74, 6) is 2.32. The van der Waals surface area contributed by atoms with Crippen molar-refractivity contribution in [2.75, 3.05) is 31.9 Å². The Labute approximate surface area is 97.0 Å². The number of hydrogen-bond acceptors (Lipinski definition) is 3. The first kappa shape index (κ1) is 11.3. The Morgan fingerprint density at radius 2 is 2.33 bits per heavy atom. The number of hydrogen-bond donors (Lipinski definition) is 2. The van der Waals surface area contributed by atoms with Gasteiger partial charge in [-0.2, -0.15) is 12.6 Å². The summed E-state index contributed by atoms with van der Waals surface area (Å²) in [6.45, 7) is 4.11. The first-order valence-corrected chi connectivity index (χ1v) is 6.52. The lowest BCUT2D eigenvalue weighted by molar-refractivity contribution is -0.128. The number of amides is 1. The van der Waals surface area contributed by atoms with Gasteiger partial charge in [0.25, 0.3) is 0 Å². The van der Waals surface area contributed by atoms with E-state index in [0.29, 0.717) is 24.2 Å². The fraction of sp³-hybridized carbons (Fsp3) is 0.909. The maximum absolute atomic E-state index is 11.7. The Morgan fingerprint density at radius 3 is 2.93 bits per heavy atom. The van der Waals surface area contributed by atoms with Gasteiger partial charge in [0, 0.05) is 19.5 Å². The molecule has 0 aromatic rings. The molecule has 2 unspecified atom stereocenters. The molecule has 0 bridgehead atoms. The van der Waals surface area contributed by atoms with Gasteiger partial charge in [-0.3, -0.25) is 4.79 Å². The molecule has 2 saturated heterocycles. The minimum absolute atomic E-state index is 0.333. The van der Waals surface area contributed by atoms with Crippen LogP contribution in [0.3, 0.4) is 0 Å². The van der Waals surface area contributed by atoms with Crippen LogP contribution < -0.4 is 5.32 Å². The van der Waals surface area contributed by atoms with Crippen LogP contribution in [0.1, 0.15) is 19.3 Å². The summed E-state index contributed by atoms with van der Waals surface area (Å²) in [5, 5.41) is 3.40. The van der Waals surface area contributed by atoms with Crippen molar-refractivity contribution in [3.05, 3.63) is 0 Å². The van der Waals surface area contributed by atoms with Gasteiger partial charge in [-0.05, 0) is 43.5 Å². The first-order valence-electron chi connectivity index (χ1n) is 5.89. The lowest BCUT2D eigenvalue weighted by Gasteiger charge is -2.27. The fourth-order valence-corrected chi connectivity index (χ4v) is 2.79. The number of nitrogens with one attached hydrogen (secondary N) is 1. The molecule has 4 heteroatoms. The van der Waals surface area contributed by atoms with E-state index in [9.17, 15) is 4.79 Å². The number of nitrogens with zero attached hydrogens (tertiary/aromatic N) is 1. The fourth-order valence-electron chi connectivity index (χ4n) is 2.54. The Bertz CT molecular complexity index is 229. The van der Waals surface area contributed by atoms with E-state index in [0.717, 1.165) is 31.9 Å². The maximum atomic E-state index is 11.7. The van der Waals surface area contributed by atoms with Gasteiger partial charge in [0.15, 0.2) is 0 Å². The minimum Gasteiger partial charge on any atom is -0.342 e. The Balaban J connectivity index is 1.81. The molecule has 2 aliphatic heterocycles. The van der Waals surface area contributed by atoms with Crippen LogP contribution in [-0.2, 0) is 4.79 Å². The highest BCUT2D eigenvalue weighted by atomic mass is 32.1. The number of rotatable bonds is 3. The Kier molecular flexibility index (Phi) is 3.92. The average molecular weight is 228 g/mol. The standard InChI is InChI=1S/C11H20N2OS/c14-11-4-10(8-15)7-13(11)6-9-2-1-3-12-5-9/h9-10,12,15H,1-8H2. The second-order valence-electron chi connectivity index (χ2n) is 4.76. The van der Waals surface area contributed by atoms with Crippen molar-refractivity contribution in [3.8, 4) is 0 Å². The van der Waals surface area contributed by atoms with Crippen LogP contribution in [-0.4, -0.2) is 42.7 Å². The van der Waals surface area contributed by atoms with E-state index in [-0.39, 0.29) is 0 Å². The number of thiol groups is 1.